The topological polar surface area (TPSA) is 93.2 Å². The third-order valence-corrected chi connectivity index (χ3v) is 3.85. The predicted octanol–water partition coefficient (Wildman–Crippen LogP) is 2.92. The molecule has 0 aliphatic rings. The Morgan fingerprint density at radius 3 is 2.73 bits per heavy atom. The van der Waals surface area contributed by atoms with Gasteiger partial charge in [-0.1, -0.05) is 6.92 Å². The van der Waals surface area contributed by atoms with Crippen LogP contribution >= 0.6 is 11.3 Å². The van der Waals surface area contributed by atoms with E-state index in [-0.39, 0.29) is 6.61 Å². The monoisotopic (exact) mass is 320 g/mol. The molecular formula is C14H16N4O3S. The van der Waals surface area contributed by atoms with Crippen LogP contribution in [0.3, 0.4) is 0 Å². The van der Waals surface area contributed by atoms with E-state index in [1.54, 1.807) is 13.0 Å². The SMILES string of the molecule is CCOC(=O)c1cc(CC)sc1NC(=O)Nc1cnccn1. The molecule has 0 aliphatic carbocycles. The quantitative estimate of drug-likeness (QED) is 0.826. The number of amides is 2. The minimum atomic E-state index is -0.490. The highest BCUT2D eigenvalue weighted by Gasteiger charge is 2.18. The summed E-state index contributed by atoms with van der Waals surface area (Å²) >= 11 is 1.34. The number of carbonyl (C=O) groups excluding carboxylic acids is 2. The minimum Gasteiger partial charge on any atom is -0.462 e. The molecule has 2 heterocycles. The van der Waals surface area contributed by atoms with Crippen molar-refractivity contribution in [2.45, 2.75) is 20.3 Å². The van der Waals surface area contributed by atoms with E-state index >= 15 is 0 Å². The predicted molar refractivity (Wildman–Crippen MR) is 84.3 cm³/mol. The zero-order chi connectivity index (χ0) is 15.9. The zero-order valence-corrected chi connectivity index (χ0v) is 13.1. The lowest BCUT2D eigenvalue weighted by molar-refractivity contribution is 0.0528. The Labute approximate surface area is 131 Å². The van der Waals surface area contributed by atoms with E-state index in [9.17, 15) is 9.59 Å². The van der Waals surface area contributed by atoms with Gasteiger partial charge in [-0.3, -0.25) is 15.6 Å². The summed E-state index contributed by atoms with van der Waals surface area (Å²) in [7, 11) is 0. The molecule has 0 atom stereocenters. The lowest BCUT2D eigenvalue weighted by Crippen LogP contribution is -2.21. The highest BCUT2D eigenvalue weighted by Crippen LogP contribution is 2.29. The Hall–Kier alpha value is -2.48. The number of anilines is 2. The molecule has 2 aromatic rings. The van der Waals surface area contributed by atoms with Gasteiger partial charge in [0.15, 0.2) is 5.82 Å². The summed E-state index contributed by atoms with van der Waals surface area (Å²) in [5.74, 6) is -0.127. The van der Waals surface area contributed by atoms with Crippen molar-refractivity contribution in [3.05, 3.63) is 35.1 Å². The number of hydrogen-bond donors (Lipinski definition) is 2. The Bertz CT molecular complexity index is 657. The van der Waals surface area contributed by atoms with Gasteiger partial charge in [-0.25, -0.2) is 14.6 Å². The molecule has 0 fully saturated rings. The Balaban J connectivity index is 2.12. The smallest absolute Gasteiger partial charge is 0.341 e. The first-order valence-electron chi connectivity index (χ1n) is 6.77. The van der Waals surface area contributed by atoms with Crippen LogP contribution < -0.4 is 10.6 Å². The van der Waals surface area contributed by atoms with E-state index < -0.39 is 12.0 Å². The molecule has 0 bridgehead atoms. The Kier molecular flexibility index (Phi) is 5.42. The van der Waals surface area contributed by atoms with Crippen molar-refractivity contribution >= 4 is 34.2 Å². The minimum absolute atomic E-state index is 0.279. The summed E-state index contributed by atoms with van der Waals surface area (Å²) in [6.07, 6.45) is 5.18. The number of carbonyl (C=O) groups is 2. The van der Waals surface area contributed by atoms with Crippen LogP contribution in [0, 0.1) is 0 Å². The van der Waals surface area contributed by atoms with Crippen molar-refractivity contribution in [3.8, 4) is 0 Å². The zero-order valence-electron chi connectivity index (χ0n) is 12.3. The van der Waals surface area contributed by atoms with E-state index in [4.69, 9.17) is 4.74 Å². The van der Waals surface area contributed by atoms with Gasteiger partial charge in [-0.15, -0.1) is 11.3 Å². The summed E-state index contributed by atoms with van der Waals surface area (Å²) in [4.78, 5) is 32.7. The van der Waals surface area contributed by atoms with E-state index in [1.807, 2.05) is 6.92 Å². The van der Waals surface area contributed by atoms with Crippen LogP contribution in [-0.2, 0) is 11.2 Å². The molecule has 2 N–H and O–H groups in total. The second kappa shape index (κ2) is 7.51. The summed E-state index contributed by atoms with van der Waals surface area (Å²) in [6.45, 7) is 3.99. The van der Waals surface area contributed by atoms with Gasteiger partial charge in [0.05, 0.1) is 18.4 Å². The molecule has 0 spiro atoms. The van der Waals surface area contributed by atoms with Gasteiger partial charge in [-0.05, 0) is 19.4 Å². The Morgan fingerprint density at radius 1 is 1.27 bits per heavy atom. The largest absolute Gasteiger partial charge is 0.462 e. The van der Waals surface area contributed by atoms with Crippen LogP contribution in [0.1, 0.15) is 29.1 Å². The number of aryl methyl sites for hydroxylation is 1. The van der Waals surface area contributed by atoms with Gasteiger partial charge < -0.3 is 4.74 Å². The van der Waals surface area contributed by atoms with Crippen LogP contribution in [0.15, 0.2) is 24.7 Å². The molecule has 0 aliphatic heterocycles. The summed E-state index contributed by atoms with van der Waals surface area (Å²) in [5, 5.41) is 5.65. The van der Waals surface area contributed by atoms with Crippen LogP contribution in [0.2, 0.25) is 0 Å². The standard InChI is InChI=1S/C14H16N4O3S/c1-3-9-7-10(13(19)21-4-2)12(22-9)18-14(20)17-11-8-15-5-6-16-11/h5-8H,3-4H2,1-2H3,(H2,16,17,18,20). The lowest BCUT2D eigenvalue weighted by atomic mass is 10.2. The van der Waals surface area contributed by atoms with Crippen molar-refractivity contribution in [2.75, 3.05) is 17.2 Å². The molecule has 22 heavy (non-hydrogen) atoms. The number of nitrogens with one attached hydrogen (secondary N) is 2. The van der Waals surface area contributed by atoms with Gasteiger partial charge >= 0.3 is 12.0 Å². The third kappa shape index (κ3) is 4.01. The third-order valence-electron chi connectivity index (χ3n) is 2.66. The molecule has 0 radical (unpaired) electrons. The first-order chi connectivity index (χ1) is 10.6. The van der Waals surface area contributed by atoms with Crippen LogP contribution in [-0.4, -0.2) is 28.6 Å². The van der Waals surface area contributed by atoms with E-state index in [1.165, 1.54) is 29.9 Å². The lowest BCUT2D eigenvalue weighted by Gasteiger charge is -2.07. The normalized spacial score (nSPS) is 10.1. The van der Waals surface area contributed by atoms with Gasteiger partial charge in [-0.2, -0.15) is 0 Å². The first kappa shape index (κ1) is 15.9. The molecule has 2 rings (SSSR count). The van der Waals surface area contributed by atoms with Crippen molar-refractivity contribution in [3.63, 3.8) is 0 Å². The molecule has 0 saturated heterocycles. The molecule has 2 aromatic heterocycles. The highest BCUT2D eigenvalue weighted by molar-refractivity contribution is 7.16. The molecule has 0 saturated carbocycles. The maximum Gasteiger partial charge on any atom is 0.341 e. The fourth-order valence-electron chi connectivity index (χ4n) is 1.68. The highest BCUT2D eigenvalue weighted by atomic mass is 32.1. The van der Waals surface area contributed by atoms with Crippen molar-refractivity contribution < 1.29 is 14.3 Å². The van der Waals surface area contributed by atoms with E-state index in [0.717, 1.165) is 11.3 Å². The maximum absolute atomic E-state index is 12.0. The van der Waals surface area contributed by atoms with Crippen molar-refractivity contribution in [1.82, 2.24) is 9.97 Å². The molecule has 2 amide bonds. The fraction of sp³-hybridized carbons (Fsp3) is 0.286. The number of aromatic nitrogens is 2. The maximum atomic E-state index is 12.0. The molecule has 0 aromatic carbocycles. The second-order valence-corrected chi connectivity index (χ2v) is 5.34. The number of ether oxygens (including phenoxy) is 1. The van der Waals surface area contributed by atoms with Crippen LogP contribution in [0.25, 0.3) is 0 Å². The number of hydrogen-bond acceptors (Lipinski definition) is 6. The summed E-state index contributed by atoms with van der Waals surface area (Å²) in [5.41, 5.74) is 0.359. The van der Waals surface area contributed by atoms with Crippen LogP contribution in [0.5, 0.6) is 0 Å². The average Bonchev–Trinajstić information content (AvgIpc) is 2.91. The van der Waals surface area contributed by atoms with Crippen molar-refractivity contribution in [2.24, 2.45) is 0 Å². The van der Waals surface area contributed by atoms with Crippen LogP contribution in [0.4, 0.5) is 15.6 Å². The Morgan fingerprint density at radius 2 is 2.09 bits per heavy atom. The van der Waals surface area contributed by atoms with Gasteiger partial charge in [0.2, 0.25) is 0 Å². The summed E-state index contributed by atoms with van der Waals surface area (Å²) in [6, 6.07) is 1.25. The van der Waals surface area contributed by atoms with Crippen molar-refractivity contribution in [1.29, 1.82) is 0 Å². The summed E-state index contributed by atoms with van der Waals surface area (Å²) < 4.78 is 5.00. The molecule has 116 valence electrons. The molecule has 0 unspecified atom stereocenters. The van der Waals surface area contributed by atoms with E-state index in [2.05, 4.69) is 20.6 Å². The second-order valence-electron chi connectivity index (χ2n) is 4.20. The molecular weight excluding hydrogens is 304 g/mol. The van der Waals surface area contributed by atoms with E-state index in [0.29, 0.717) is 16.4 Å². The first-order valence-corrected chi connectivity index (χ1v) is 7.59. The number of rotatable bonds is 5. The number of esters is 1. The molecule has 7 nitrogen and oxygen atoms in total. The number of nitrogens with zero attached hydrogens (tertiary/aromatic N) is 2. The number of thiophene rings is 1. The van der Waals surface area contributed by atoms with Gasteiger partial charge in [0.1, 0.15) is 5.00 Å². The van der Waals surface area contributed by atoms with Gasteiger partial charge in [0.25, 0.3) is 0 Å². The fourth-order valence-corrected chi connectivity index (χ4v) is 2.66. The average molecular weight is 320 g/mol. The number of urea groups is 1. The van der Waals surface area contributed by atoms with Gasteiger partial charge in [0, 0.05) is 17.3 Å². The molecule has 8 heteroatoms.